The van der Waals surface area contributed by atoms with Crippen molar-refractivity contribution < 1.29 is 23.9 Å². The zero-order valence-corrected chi connectivity index (χ0v) is 25.7. The zero-order valence-electron chi connectivity index (χ0n) is 25.7. The highest BCUT2D eigenvalue weighted by Gasteiger charge is 2.33. The Labute approximate surface area is 254 Å². The maximum Gasteiger partial charge on any atom is 0.325 e. The van der Waals surface area contributed by atoms with Crippen LogP contribution < -0.4 is 16.1 Å². The highest BCUT2D eigenvalue weighted by Crippen LogP contribution is 2.24. The van der Waals surface area contributed by atoms with Crippen molar-refractivity contribution in [2.75, 3.05) is 6.54 Å². The van der Waals surface area contributed by atoms with Crippen molar-refractivity contribution in [2.24, 2.45) is 5.92 Å². The highest BCUT2D eigenvalue weighted by atomic mass is 16.5. The fourth-order valence-electron chi connectivity index (χ4n) is 4.93. The maximum absolute atomic E-state index is 13.2. The number of amides is 3. The first-order chi connectivity index (χ1) is 20.5. The van der Waals surface area contributed by atoms with Crippen LogP contribution in [0.4, 0.5) is 0 Å². The molecule has 4 atom stereocenters. The summed E-state index contributed by atoms with van der Waals surface area (Å²) in [6.07, 6.45) is 8.59. The van der Waals surface area contributed by atoms with Crippen molar-refractivity contribution in [3.05, 3.63) is 61.0 Å². The quantitative estimate of drug-likeness (QED) is 0.169. The minimum atomic E-state index is -0.869. The Morgan fingerprint density at radius 3 is 2.56 bits per heavy atom. The van der Waals surface area contributed by atoms with E-state index in [2.05, 4.69) is 34.2 Å². The first-order valence-electron chi connectivity index (χ1n) is 15.0. The summed E-state index contributed by atoms with van der Waals surface area (Å²) in [6, 6.07) is 5.39. The van der Waals surface area contributed by atoms with Crippen molar-refractivity contribution in [1.82, 2.24) is 26.1 Å². The minimum Gasteiger partial charge on any atom is -0.457 e. The van der Waals surface area contributed by atoms with Gasteiger partial charge in [0.05, 0.1) is 5.69 Å². The van der Waals surface area contributed by atoms with E-state index < -0.39 is 36.1 Å². The summed E-state index contributed by atoms with van der Waals surface area (Å²) < 4.78 is 5.78. The van der Waals surface area contributed by atoms with Gasteiger partial charge in [0.1, 0.15) is 24.2 Å². The first-order valence-corrected chi connectivity index (χ1v) is 15.0. The molecule has 0 radical (unpaired) electrons. The lowest BCUT2D eigenvalue weighted by Gasteiger charge is -2.35. The molecular formula is C33H45N5O5. The summed E-state index contributed by atoms with van der Waals surface area (Å²) in [5.41, 5.74) is 4.59. The molecule has 1 aromatic heterocycles. The number of esters is 1. The van der Waals surface area contributed by atoms with Gasteiger partial charge in [-0.2, -0.15) is 0 Å². The van der Waals surface area contributed by atoms with Gasteiger partial charge in [0.25, 0.3) is 5.91 Å². The monoisotopic (exact) mass is 591 g/mol. The second-order valence-electron chi connectivity index (χ2n) is 11.4. The van der Waals surface area contributed by atoms with Crippen LogP contribution in [0.1, 0.15) is 83.6 Å². The van der Waals surface area contributed by atoms with E-state index in [1.54, 1.807) is 19.2 Å². The molecule has 1 aromatic carbocycles. The van der Waals surface area contributed by atoms with Crippen molar-refractivity contribution in [3.63, 3.8) is 0 Å². The number of nitrogens with one attached hydrogen (secondary N) is 3. The lowest BCUT2D eigenvalue weighted by atomic mass is 10.0. The summed E-state index contributed by atoms with van der Waals surface area (Å²) in [7, 11) is 0. The number of carbonyl (C=O) groups excluding carboxylic acids is 4. The third-order valence-corrected chi connectivity index (χ3v) is 7.53. The Morgan fingerprint density at radius 1 is 1.09 bits per heavy atom. The molecule has 10 heteroatoms. The number of unbranched alkanes of at least 4 members (excludes halogenated alkanes) is 2. The molecule has 1 aliphatic rings. The Balaban J connectivity index is 1.55. The van der Waals surface area contributed by atoms with Crippen molar-refractivity contribution in [3.8, 4) is 0 Å². The fraction of sp³-hybridized carbons (Fsp3) is 0.485. The molecule has 1 fully saturated rings. The Bertz CT molecular complexity index is 1330. The topological polar surface area (TPSA) is 130 Å². The molecule has 2 heterocycles. The average Bonchev–Trinajstić information content (AvgIpc) is 3.00. The van der Waals surface area contributed by atoms with Gasteiger partial charge < -0.3 is 15.4 Å². The number of ether oxygens (including phenoxy) is 1. The first kappa shape index (κ1) is 33.5. The molecular weight excluding hydrogens is 546 g/mol. The Morgan fingerprint density at radius 2 is 1.86 bits per heavy atom. The molecule has 2 aromatic rings. The second kappa shape index (κ2) is 16.0. The molecule has 1 aliphatic heterocycles. The number of fused-ring (bicyclic) bond motifs is 1. The summed E-state index contributed by atoms with van der Waals surface area (Å²) in [6.45, 7) is 14.9. The number of hydrogen-bond acceptors (Lipinski definition) is 7. The molecule has 0 aliphatic carbocycles. The molecule has 0 saturated carbocycles. The maximum atomic E-state index is 13.2. The van der Waals surface area contributed by atoms with Crippen LogP contribution in [0.2, 0.25) is 0 Å². The number of hydrazine groups is 1. The predicted molar refractivity (Wildman–Crippen MR) is 167 cm³/mol. The van der Waals surface area contributed by atoms with E-state index in [9.17, 15) is 19.2 Å². The molecule has 10 nitrogen and oxygen atoms in total. The smallest absolute Gasteiger partial charge is 0.325 e. The Kier molecular flexibility index (Phi) is 12.4. The van der Waals surface area contributed by atoms with Crippen LogP contribution in [0.15, 0.2) is 49.7 Å². The number of carbonyl (C=O) groups is 4. The van der Waals surface area contributed by atoms with Crippen molar-refractivity contribution in [1.29, 1.82) is 0 Å². The summed E-state index contributed by atoms with van der Waals surface area (Å²) in [5, 5.41) is 8.84. The van der Waals surface area contributed by atoms with E-state index in [4.69, 9.17) is 4.74 Å². The molecule has 3 N–H and O–H groups in total. The second-order valence-corrected chi connectivity index (χ2v) is 11.4. The van der Waals surface area contributed by atoms with Gasteiger partial charge in [0.15, 0.2) is 0 Å². The van der Waals surface area contributed by atoms with Gasteiger partial charge in [-0.15, -0.1) is 6.58 Å². The molecule has 3 rings (SSSR count). The fourth-order valence-corrected chi connectivity index (χ4v) is 4.93. The largest absolute Gasteiger partial charge is 0.457 e. The molecule has 1 saturated heterocycles. The highest BCUT2D eigenvalue weighted by molar-refractivity contribution is 5.92. The van der Waals surface area contributed by atoms with Gasteiger partial charge in [-0.25, -0.2) is 5.43 Å². The van der Waals surface area contributed by atoms with Crippen LogP contribution in [-0.2, 0) is 23.9 Å². The van der Waals surface area contributed by atoms with Crippen LogP contribution in [-0.4, -0.2) is 58.4 Å². The third kappa shape index (κ3) is 9.47. The standard InChI is InChI=1S/C33H45N5O5/c1-7-9-10-11-14-29(39)36-30(21(3)4)31(40)35-22(5)32(41)38-17-12-13-28(37-38)33(42)43-23(6)24-15-16-25-20-34-27(8-2)19-26(25)18-24/h7-8,15-16,18-23,28,30,37H,1-2,9-14,17H2,3-6H3,(H,35,40)(H,36,39). The number of rotatable bonds is 14. The van der Waals surface area contributed by atoms with Crippen LogP contribution in [0.5, 0.6) is 0 Å². The minimum absolute atomic E-state index is 0.169. The van der Waals surface area contributed by atoms with Crippen LogP contribution in [0.3, 0.4) is 0 Å². The van der Waals surface area contributed by atoms with Crippen LogP contribution in [0.25, 0.3) is 16.8 Å². The van der Waals surface area contributed by atoms with E-state index in [0.29, 0.717) is 32.2 Å². The molecule has 0 bridgehead atoms. The molecule has 4 unspecified atom stereocenters. The van der Waals surface area contributed by atoms with Gasteiger partial charge >= 0.3 is 5.97 Å². The SMILES string of the molecule is C=CCCCCC(=O)NC(C(=O)NC(C)C(=O)N1CCCC(C(=O)OC(C)c2ccc3cnc(C=C)cc3c2)N1)C(C)C. The van der Waals surface area contributed by atoms with E-state index in [0.717, 1.165) is 34.9 Å². The van der Waals surface area contributed by atoms with E-state index in [1.165, 1.54) is 5.01 Å². The van der Waals surface area contributed by atoms with Gasteiger partial charge in [0, 0.05) is 24.5 Å². The summed E-state index contributed by atoms with van der Waals surface area (Å²) in [5.74, 6) is -1.63. The van der Waals surface area contributed by atoms with Gasteiger partial charge in [0.2, 0.25) is 11.8 Å². The van der Waals surface area contributed by atoms with E-state index in [1.807, 2.05) is 51.1 Å². The lowest BCUT2D eigenvalue weighted by molar-refractivity contribution is -0.157. The normalized spacial score (nSPS) is 17.0. The molecule has 3 amide bonds. The van der Waals surface area contributed by atoms with Gasteiger partial charge in [-0.3, -0.25) is 29.2 Å². The third-order valence-electron chi connectivity index (χ3n) is 7.53. The lowest BCUT2D eigenvalue weighted by Crippen LogP contribution is -2.61. The predicted octanol–water partition coefficient (Wildman–Crippen LogP) is 4.37. The van der Waals surface area contributed by atoms with Crippen LogP contribution in [0, 0.1) is 5.92 Å². The number of nitrogens with zero attached hydrogens (tertiary/aromatic N) is 2. The Hall–Kier alpha value is -4.05. The van der Waals surface area contributed by atoms with Crippen molar-refractivity contribution >= 4 is 40.5 Å². The number of aromatic nitrogens is 1. The zero-order chi connectivity index (χ0) is 31.5. The van der Waals surface area contributed by atoms with Crippen molar-refractivity contribution in [2.45, 2.75) is 90.4 Å². The summed E-state index contributed by atoms with van der Waals surface area (Å²) in [4.78, 5) is 56.0. The van der Waals surface area contributed by atoms with E-state index >= 15 is 0 Å². The van der Waals surface area contributed by atoms with E-state index in [-0.39, 0.29) is 17.7 Å². The summed E-state index contributed by atoms with van der Waals surface area (Å²) >= 11 is 0. The molecule has 0 spiro atoms. The molecule has 43 heavy (non-hydrogen) atoms. The number of benzene rings is 1. The average molecular weight is 592 g/mol. The number of pyridine rings is 1. The van der Waals surface area contributed by atoms with Gasteiger partial charge in [-0.1, -0.05) is 38.6 Å². The number of hydrogen-bond donors (Lipinski definition) is 3. The van der Waals surface area contributed by atoms with Crippen LogP contribution >= 0.6 is 0 Å². The number of allylic oxidation sites excluding steroid dienone is 1. The molecule has 232 valence electrons. The van der Waals surface area contributed by atoms with Gasteiger partial charge in [-0.05, 0) is 81.0 Å².